The molecule has 0 aliphatic heterocycles. The van der Waals surface area contributed by atoms with E-state index in [1.54, 1.807) is 14.0 Å². The van der Waals surface area contributed by atoms with Crippen LogP contribution in [0.5, 0.6) is 0 Å². The van der Waals surface area contributed by atoms with Gasteiger partial charge in [-0.3, -0.25) is 0 Å². The second-order valence-electron chi connectivity index (χ2n) is 3.07. The van der Waals surface area contributed by atoms with Crippen LogP contribution in [0.3, 0.4) is 0 Å². The molecule has 0 spiro atoms. The highest BCUT2D eigenvalue weighted by Gasteiger charge is 2.03. The fraction of sp³-hybridized carbons (Fsp3) is 0.250. The summed E-state index contributed by atoms with van der Waals surface area (Å²) in [7, 11) is 1.77. The zero-order chi connectivity index (χ0) is 12.0. The van der Waals surface area contributed by atoms with Gasteiger partial charge in [-0.2, -0.15) is 0 Å². The maximum atomic E-state index is 11.3. The molecule has 16 heavy (non-hydrogen) atoms. The number of hydrogen-bond donors (Lipinski definition) is 1. The first kappa shape index (κ1) is 12.8. The van der Waals surface area contributed by atoms with Crippen LogP contribution in [0, 0.1) is 0 Å². The van der Waals surface area contributed by atoms with Gasteiger partial charge in [-0.25, -0.2) is 4.79 Å². The Balaban J connectivity index is 2.94. The monoisotopic (exact) mass is 283 g/mol. The molecule has 0 saturated carbocycles. The highest BCUT2D eigenvalue weighted by Crippen LogP contribution is 2.17. The van der Waals surface area contributed by atoms with Gasteiger partial charge in [0.25, 0.3) is 0 Å². The fourth-order valence-electron chi connectivity index (χ4n) is 1.26. The second-order valence-corrected chi connectivity index (χ2v) is 3.99. The van der Waals surface area contributed by atoms with Gasteiger partial charge in [0.2, 0.25) is 0 Å². The summed E-state index contributed by atoms with van der Waals surface area (Å²) < 4.78 is 5.83. The minimum absolute atomic E-state index is 0.341. The Morgan fingerprint density at radius 1 is 1.56 bits per heavy atom. The molecule has 0 atom stereocenters. The number of hydrogen-bond acceptors (Lipinski definition) is 3. The van der Waals surface area contributed by atoms with Crippen molar-refractivity contribution >= 4 is 27.6 Å². The Morgan fingerprint density at radius 3 is 2.88 bits per heavy atom. The number of nitrogens with one attached hydrogen (secondary N) is 1. The van der Waals surface area contributed by atoms with E-state index in [1.807, 2.05) is 24.3 Å². The van der Waals surface area contributed by atoms with Crippen molar-refractivity contribution in [3.8, 4) is 0 Å². The lowest BCUT2D eigenvalue weighted by Crippen LogP contribution is -2.09. The van der Waals surface area contributed by atoms with E-state index in [0.29, 0.717) is 6.61 Å². The average molecular weight is 284 g/mol. The zero-order valence-electron chi connectivity index (χ0n) is 9.29. The van der Waals surface area contributed by atoms with Gasteiger partial charge < -0.3 is 10.1 Å². The molecule has 86 valence electrons. The van der Waals surface area contributed by atoms with Crippen LogP contribution in [0.25, 0.3) is 5.70 Å². The summed E-state index contributed by atoms with van der Waals surface area (Å²) in [5, 5.41) is 2.97. The lowest BCUT2D eigenvalue weighted by Gasteiger charge is -2.07. The molecule has 1 rings (SSSR count). The standard InChI is InChI=1S/C12H14BrNO2/c1-3-16-12(15)8-11(14-2)9-5-4-6-10(13)7-9/h4-8,14H,3H2,1-2H3/b11-8-. The number of carbonyl (C=O) groups is 1. The molecule has 0 amide bonds. The normalized spacial score (nSPS) is 11.1. The smallest absolute Gasteiger partial charge is 0.332 e. The van der Waals surface area contributed by atoms with Crippen molar-refractivity contribution in [1.29, 1.82) is 0 Å². The minimum Gasteiger partial charge on any atom is -0.463 e. The molecule has 0 heterocycles. The highest BCUT2D eigenvalue weighted by molar-refractivity contribution is 9.10. The number of benzene rings is 1. The van der Waals surface area contributed by atoms with E-state index in [-0.39, 0.29) is 5.97 Å². The molecular formula is C12H14BrNO2. The summed E-state index contributed by atoms with van der Waals surface area (Å²) in [5.41, 5.74) is 1.67. The van der Waals surface area contributed by atoms with E-state index in [1.165, 1.54) is 6.08 Å². The van der Waals surface area contributed by atoms with Gasteiger partial charge in [-0.15, -0.1) is 0 Å². The predicted molar refractivity (Wildman–Crippen MR) is 67.8 cm³/mol. The second kappa shape index (κ2) is 6.33. The van der Waals surface area contributed by atoms with Crippen molar-refractivity contribution in [2.45, 2.75) is 6.92 Å². The Hall–Kier alpha value is -1.29. The first-order valence-corrected chi connectivity index (χ1v) is 5.78. The van der Waals surface area contributed by atoms with Gasteiger partial charge >= 0.3 is 5.97 Å². The number of ether oxygens (including phenoxy) is 1. The summed E-state index contributed by atoms with van der Waals surface area (Å²) in [6, 6.07) is 7.70. The van der Waals surface area contributed by atoms with E-state index in [2.05, 4.69) is 21.2 Å². The van der Waals surface area contributed by atoms with E-state index in [0.717, 1.165) is 15.7 Å². The van der Waals surface area contributed by atoms with Gasteiger partial charge in [0.05, 0.1) is 6.61 Å². The van der Waals surface area contributed by atoms with E-state index >= 15 is 0 Å². The van der Waals surface area contributed by atoms with Crippen LogP contribution in [-0.2, 0) is 9.53 Å². The SMILES string of the molecule is CCOC(=O)/C=C(\NC)c1cccc(Br)c1. The summed E-state index contributed by atoms with van der Waals surface area (Å²) in [4.78, 5) is 11.3. The third-order valence-electron chi connectivity index (χ3n) is 1.95. The Morgan fingerprint density at radius 2 is 2.31 bits per heavy atom. The van der Waals surface area contributed by atoms with Gasteiger partial charge in [-0.05, 0) is 24.6 Å². The molecular weight excluding hydrogens is 270 g/mol. The van der Waals surface area contributed by atoms with Crippen molar-refractivity contribution in [2.75, 3.05) is 13.7 Å². The predicted octanol–water partition coefficient (Wildman–Crippen LogP) is 2.57. The van der Waals surface area contributed by atoms with Gasteiger partial charge in [0, 0.05) is 23.3 Å². The third-order valence-corrected chi connectivity index (χ3v) is 2.45. The molecule has 1 N–H and O–H groups in total. The first-order chi connectivity index (χ1) is 7.67. The quantitative estimate of drug-likeness (QED) is 0.682. The molecule has 0 saturated heterocycles. The molecule has 4 heteroatoms. The summed E-state index contributed by atoms with van der Waals surface area (Å²) >= 11 is 3.39. The molecule has 0 bridgehead atoms. The van der Waals surface area contributed by atoms with Crippen molar-refractivity contribution in [1.82, 2.24) is 5.32 Å². The van der Waals surface area contributed by atoms with E-state index in [4.69, 9.17) is 4.74 Å². The largest absolute Gasteiger partial charge is 0.463 e. The third kappa shape index (κ3) is 3.70. The maximum Gasteiger partial charge on any atom is 0.332 e. The summed E-state index contributed by atoms with van der Waals surface area (Å²) in [6.45, 7) is 2.16. The number of rotatable bonds is 4. The van der Waals surface area contributed by atoms with Crippen molar-refractivity contribution in [3.63, 3.8) is 0 Å². The van der Waals surface area contributed by atoms with E-state index in [9.17, 15) is 4.79 Å². The molecule has 0 fully saturated rings. The van der Waals surface area contributed by atoms with Crippen LogP contribution in [0.4, 0.5) is 0 Å². The summed E-state index contributed by atoms with van der Waals surface area (Å²) in [5.74, 6) is -0.341. The molecule has 1 aromatic rings. The lowest BCUT2D eigenvalue weighted by atomic mass is 10.1. The fourth-order valence-corrected chi connectivity index (χ4v) is 1.66. The van der Waals surface area contributed by atoms with Crippen LogP contribution < -0.4 is 5.32 Å². The molecule has 0 aromatic heterocycles. The van der Waals surface area contributed by atoms with Crippen molar-refractivity contribution in [3.05, 3.63) is 40.4 Å². The van der Waals surface area contributed by atoms with Gasteiger partial charge in [0.1, 0.15) is 0 Å². The average Bonchev–Trinajstić information content (AvgIpc) is 2.26. The molecule has 0 aliphatic rings. The van der Waals surface area contributed by atoms with Crippen molar-refractivity contribution in [2.24, 2.45) is 0 Å². The van der Waals surface area contributed by atoms with Crippen LogP contribution >= 0.6 is 15.9 Å². The molecule has 0 aliphatic carbocycles. The van der Waals surface area contributed by atoms with Gasteiger partial charge in [0.15, 0.2) is 0 Å². The highest BCUT2D eigenvalue weighted by atomic mass is 79.9. The molecule has 3 nitrogen and oxygen atoms in total. The Kier molecular flexibility index (Phi) is 5.05. The lowest BCUT2D eigenvalue weighted by molar-refractivity contribution is -0.137. The maximum absolute atomic E-state index is 11.3. The van der Waals surface area contributed by atoms with Crippen LogP contribution in [0.15, 0.2) is 34.8 Å². The summed E-state index contributed by atoms with van der Waals surface area (Å²) in [6.07, 6.45) is 1.45. The Bertz CT molecular complexity index is 402. The molecule has 0 unspecified atom stereocenters. The number of esters is 1. The van der Waals surface area contributed by atoms with Gasteiger partial charge in [-0.1, -0.05) is 28.1 Å². The van der Waals surface area contributed by atoms with E-state index < -0.39 is 0 Å². The van der Waals surface area contributed by atoms with Crippen LogP contribution in [0.1, 0.15) is 12.5 Å². The first-order valence-electron chi connectivity index (χ1n) is 4.99. The topological polar surface area (TPSA) is 38.3 Å². The number of carbonyl (C=O) groups excluding carboxylic acids is 1. The van der Waals surface area contributed by atoms with Crippen molar-refractivity contribution < 1.29 is 9.53 Å². The Labute approximate surface area is 104 Å². The zero-order valence-corrected chi connectivity index (χ0v) is 10.9. The molecule has 1 aromatic carbocycles. The number of halogens is 1. The molecule has 0 radical (unpaired) electrons. The van der Waals surface area contributed by atoms with Crippen LogP contribution in [0.2, 0.25) is 0 Å². The minimum atomic E-state index is -0.341. The van der Waals surface area contributed by atoms with Crippen LogP contribution in [-0.4, -0.2) is 19.6 Å².